The molecule has 5 nitrogen and oxygen atoms in total. The summed E-state index contributed by atoms with van der Waals surface area (Å²) in [5, 5.41) is 0. The van der Waals surface area contributed by atoms with Gasteiger partial charge in [-0.3, -0.25) is 0 Å². The fourth-order valence-electron chi connectivity index (χ4n) is 0.0476. The van der Waals surface area contributed by atoms with E-state index in [2.05, 4.69) is 4.31 Å². The molecule has 0 bridgehead atoms. The summed E-state index contributed by atoms with van der Waals surface area (Å²) in [7, 11) is -5.18. The minimum atomic E-state index is -4.43. The maximum atomic E-state index is 9.54. The summed E-state index contributed by atoms with van der Waals surface area (Å²) in [4.78, 5) is 23.1. The van der Waals surface area contributed by atoms with Crippen molar-refractivity contribution in [3.8, 4) is 0 Å². The van der Waals surface area contributed by atoms with E-state index in [-0.39, 0.29) is 0 Å². The van der Waals surface area contributed by atoms with Gasteiger partial charge in [0.2, 0.25) is 0 Å². The lowest BCUT2D eigenvalue weighted by atomic mass is 15.7. The van der Waals surface area contributed by atoms with Gasteiger partial charge in [-0.2, -0.15) is 0 Å². The summed E-state index contributed by atoms with van der Waals surface area (Å²) in [6.45, 7) is 0. The van der Waals surface area contributed by atoms with E-state index in [1.165, 1.54) is 0 Å². The lowest BCUT2D eigenvalue weighted by molar-refractivity contribution is 0.287. The van der Waals surface area contributed by atoms with Gasteiger partial charge in [0.1, 0.15) is 0 Å². The van der Waals surface area contributed by atoms with E-state index in [1.54, 1.807) is 0 Å². The predicted octanol–water partition coefficient (Wildman–Crippen LogP) is -0.136. The molecule has 0 aliphatic heterocycles. The van der Waals surface area contributed by atoms with Gasteiger partial charge in [-0.1, -0.05) is 0 Å². The fourth-order valence-corrected chi connectivity index (χ4v) is 0.428. The second-order valence-corrected chi connectivity index (χ2v) is 2.45. The standard InChI is InChI=1S/H3O5P2/c1-6-5-7(2,3)4/h1H,(H2,2,3,4). The number of hydrogen-bond acceptors (Lipinski definition) is 3. The highest BCUT2D eigenvalue weighted by atomic mass is 31.2. The summed E-state index contributed by atoms with van der Waals surface area (Å²) in [5.74, 6) is 0. The predicted molar refractivity (Wildman–Crippen MR) is 22.3 cm³/mol. The van der Waals surface area contributed by atoms with Gasteiger partial charge in [0.15, 0.2) is 0 Å². The van der Waals surface area contributed by atoms with Crippen LogP contribution in [-0.2, 0) is 8.88 Å². The third kappa shape index (κ3) is 6.50. The van der Waals surface area contributed by atoms with Crippen LogP contribution in [0.5, 0.6) is 0 Å². The molecule has 0 heterocycles. The third-order valence-corrected chi connectivity index (χ3v) is 1.29. The van der Waals surface area contributed by atoms with Gasteiger partial charge in [0, 0.05) is 0 Å². The Hall–Kier alpha value is 0.500. The van der Waals surface area contributed by atoms with Crippen LogP contribution in [0.4, 0.5) is 0 Å². The van der Waals surface area contributed by atoms with E-state index in [9.17, 15) is 4.57 Å². The average Bonchev–Trinajstić information content (AvgIpc) is 1.30. The van der Waals surface area contributed by atoms with Gasteiger partial charge in [0.25, 0.3) is 9.03 Å². The summed E-state index contributed by atoms with van der Waals surface area (Å²) in [6.07, 6.45) is 0. The monoisotopic (exact) mass is 145 g/mol. The first-order valence-corrected chi connectivity index (χ1v) is 3.44. The molecule has 0 aromatic heterocycles. The van der Waals surface area contributed by atoms with Gasteiger partial charge in [0.05, 0.1) is 0 Å². The van der Waals surface area contributed by atoms with Crippen LogP contribution in [0.15, 0.2) is 0 Å². The molecule has 0 saturated carbocycles. The number of hydrogen-bond donors (Lipinski definition) is 3. The van der Waals surface area contributed by atoms with Crippen molar-refractivity contribution in [2.24, 2.45) is 0 Å². The fraction of sp³-hybridized carbons (Fsp3) is 0. The maximum Gasteiger partial charge on any atom is 0.475 e. The Bertz CT molecular complexity index is 80.1. The van der Waals surface area contributed by atoms with Crippen molar-refractivity contribution in [2.75, 3.05) is 0 Å². The van der Waals surface area contributed by atoms with Gasteiger partial charge in [-0.25, -0.2) is 8.88 Å². The molecule has 43 valence electrons. The Morgan fingerprint density at radius 1 is 1.57 bits per heavy atom. The highest BCUT2D eigenvalue weighted by molar-refractivity contribution is 7.53. The molecule has 0 aromatic rings. The zero-order valence-electron chi connectivity index (χ0n) is 3.05. The Kier molecular flexibility index (Phi) is 2.92. The van der Waals surface area contributed by atoms with Gasteiger partial charge in [-0.05, 0) is 0 Å². The largest absolute Gasteiger partial charge is 0.475 e. The molecule has 0 amide bonds. The second kappa shape index (κ2) is 2.72. The molecule has 0 aromatic carbocycles. The molecular weight excluding hydrogens is 142 g/mol. The second-order valence-electron chi connectivity index (χ2n) is 0.654. The average molecular weight is 145 g/mol. The molecule has 0 aliphatic carbocycles. The van der Waals surface area contributed by atoms with Crippen LogP contribution in [0.1, 0.15) is 0 Å². The van der Waals surface area contributed by atoms with E-state index in [4.69, 9.17) is 14.7 Å². The van der Waals surface area contributed by atoms with Crippen molar-refractivity contribution < 1.29 is 23.6 Å². The molecule has 0 spiro atoms. The zero-order valence-corrected chi connectivity index (χ0v) is 4.84. The van der Waals surface area contributed by atoms with E-state index >= 15 is 0 Å². The first-order chi connectivity index (χ1) is 3.06. The van der Waals surface area contributed by atoms with Gasteiger partial charge >= 0.3 is 7.82 Å². The van der Waals surface area contributed by atoms with Crippen LogP contribution >= 0.6 is 16.9 Å². The summed E-state index contributed by atoms with van der Waals surface area (Å²) in [6, 6.07) is 0. The summed E-state index contributed by atoms with van der Waals surface area (Å²) < 4.78 is 13.0. The molecule has 0 rings (SSSR count). The highest BCUT2D eigenvalue weighted by Crippen LogP contribution is 2.41. The third-order valence-electron chi connectivity index (χ3n) is 0.143. The lowest BCUT2D eigenvalue weighted by Crippen LogP contribution is -1.72. The minimum absolute atomic E-state index is 0.754. The first-order valence-electron chi connectivity index (χ1n) is 1.15. The normalized spacial score (nSPS) is 13.6. The molecule has 0 aliphatic rings. The highest BCUT2D eigenvalue weighted by Gasteiger charge is 2.12. The minimum Gasteiger partial charge on any atom is -0.343 e. The van der Waals surface area contributed by atoms with Crippen molar-refractivity contribution in [3.05, 3.63) is 0 Å². The molecule has 1 radical (unpaired) electrons. The van der Waals surface area contributed by atoms with Crippen molar-refractivity contribution in [3.63, 3.8) is 0 Å². The van der Waals surface area contributed by atoms with Crippen LogP contribution in [-0.4, -0.2) is 14.7 Å². The summed E-state index contributed by atoms with van der Waals surface area (Å²) >= 11 is 0. The molecule has 0 fully saturated rings. The first kappa shape index (κ1) is 7.50. The quantitative estimate of drug-likeness (QED) is 0.471. The van der Waals surface area contributed by atoms with Gasteiger partial charge in [-0.15, -0.1) is 0 Å². The Labute approximate surface area is 41.5 Å². The van der Waals surface area contributed by atoms with Crippen molar-refractivity contribution in [2.45, 2.75) is 0 Å². The summed E-state index contributed by atoms with van der Waals surface area (Å²) in [5.41, 5.74) is 0. The molecule has 7 heavy (non-hydrogen) atoms. The molecule has 0 unspecified atom stereocenters. The SMILES string of the molecule is O=P(O)(O)O[P]O. The van der Waals surface area contributed by atoms with Crippen LogP contribution in [0.25, 0.3) is 0 Å². The Morgan fingerprint density at radius 2 is 2.00 bits per heavy atom. The Balaban J connectivity index is 3.36. The van der Waals surface area contributed by atoms with E-state index in [1.807, 2.05) is 0 Å². The molecule has 0 atom stereocenters. The van der Waals surface area contributed by atoms with Crippen molar-refractivity contribution >= 4 is 16.9 Å². The van der Waals surface area contributed by atoms with Crippen molar-refractivity contribution in [1.82, 2.24) is 0 Å². The zero-order chi connectivity index (χ0) is 5.91. The van der Waals surface area contributed by atoms with Gasteiger partial charge < -0.3 is 14.7 Å². The smallest absolute Gasteiger partial charge is 0.343 e. The Morgan fingerprint density at radius 3 is 2.00 bits per heavy atom. The van der Waals surface area contributed by atoms with Crippen LogP contribution in [0, 0.1) is 0 Å². The number of rotatable bonds is 2. The molecule has 7 heteroatoms. The number of phosphoric acid groups is 1. The lowest BCUT2D eigenvalue weighted by Gasteiger charge is -1.95. The van der Waals surface area contributed by atoms with E-state index in [0.717, 1.165) is 0 Å². The molecule has 3 N–H and O–H groups in total. The molecular formula is H3O5P2. The van der Waals surface area contributed by atoms with E-state index in [0.29, 0.717) is 0 Å². The maximum absolute atomic E-state index is 9.54. The van der Waals surface area contributed by atoms with Crippen LogP contribution < -0.4 is 0 Å². The van der Waals surface area contributed by atoms with E-state index < -0.39 is 16.9 Å². The van der Waals surface area contributed by atoms with Crippen LogP contribution in [0.2, 0.25) is 0 Å². The molecule has 0 saturated heterocycles. The van der Waals surface area contributed by atoms with Crippen molar-refractivity contribution in [1.29, 1.82) is 0 Å². The van der Waals surface area contributed by atoms with Crippen LogP contribution in [0.3, 0.4) is 0 Å². The topological polar surface area (TPSA) is 87.0 Å².